The third-order valence-corrected chi connectivity index (χ3v) is 9.71. The van der Waals surface area contributed by atoms with E-state index in [-0.39, 0.29) is 37.5 Å². The molecule has 0 aliphatic heterocycles. The first-order chi connectivity index (χ1) is 11.1. The van der Waals surface area contributed by atoms with Crippen molar-refractivity contribution in [3.8, 4) is 0 Å². The van der Waals surface area contributed by atoms with Crippen molar-refractivity contribution in [2.24, 2.45) is 17.8 Å². The highest BCUT2D eigenvalue weighted by Gasteiger charge is 2.65. The van der Waals surface area contributed by atoms with Crippen molar-refractivity contribution in [1.82, 2.24) is 0 Å². The fourth-order valence-electron chi connectivity index (χ4n) is 3.26. The second-order valence-corrected chi connectivity index (χ2v) is 10.8. The van der Waals surface area contributed by atoms with Crippen molar-refractivity contribution in [3.63, 3.8) is 0 Å². The van der Waals surface area contributed by atoms with Crippen LogP contribution in [0.5, 0.6) is 0 Å². The molecule has 0 bridgehead atoms. The first kappa shape index (κ1) is 22.5. The smallest absolute Gasteiger partial charge is 0.218 e. The number of rotatable bonds is 5. The SMILES string of the molecule is CCC(C)C1CCC(C(S(=O)(=O)C(F)(F)F)S(=O)(=O)C(F)(F)F)CC1. The lowest BCUT2D eigenvalue weighted by Crippen LogP contribution is -2.49. The molecule has 1 rings (SSSR count). The molecule has 150 valence electrons. The Bertz CT molecular complexity index is 614. The van der Waals surface area contributed by atoms with Crippen molar-refractivity contribution < 1.29 is 43.2 Å². The summed E-state index contributed by atoms with van der Waals surface area (Å²) >= 11 is 0. The topological polar surface area (TPSA) is 68.3 Å². The highest BCUT2D eigenvalue weighted by molar-refractivity contribution is 8.09. The minimum absolute atomic E-state index is 0.0177. The van der Waals surface area contributed by atoms with E-state index in [0.29, 0.717) is 0 Å². The Morgan fingerprint density at radius 1 is 0.800 bits per heavy atom. The van der Waals surface area contributed by atoms with Crippen LogP contribution < -0.4 is 0 Å². The molecule has 1 aliphatic rings. The van der Waals surface area contributed by atoms with E-state index in [1.54, 1.807) is 0 Å². The van der Waals surface area contributed by atoms with Gasteiger partial charge in [0.1, 0.15) is 0 Å². The number of sulfone groups is 2. The lowest BCUT2D eigenvalue weighted by atomic mass is 9.76. The molecule has 0 heterocycles. The van der Waals surface area contributed by atoms with Gasteiger partial charge in [0.2, 0.25) is 0 Å². The molecule has 1 saturated carbocycles. The molecule has 1 atom stereocenters. The summed E-state index contributed by atoms with van der Waals surface area (Å²) in [6, 6.07) is 0. The predicted molar refractivity (Wildman–Crippen MR) is 78.6 cm³/mol. The van der Waals surface area contributed by atoms with Gasteiger partial charge in [-0.25, -0.2) is 16.8 Å². The van der Waals surface area contributed by atoms with Crippen molar-refractivity contribution in [3.05, 3.63) is 0 Å². The average Bonchev–Trinajstić information content (AvgIpc) is 2.44. The largest absolute Gasteiger partial charge is 0.498 e. The molecule has 4 nitrogen and oxygen atoms in total. The van der Waals surface area contributed by atoms with Crippen LogP contribution in [0.1, 0.15) is 46.0 Å². The van der Waals surface area contributed by atoms with Gasteiger partial charge < -0.3 is 0 Å². The van der Waals surface area contributed by atoms with Crippen molar-refractivity contribution in [2.75, 3.05) is 0 Å². The van der Waals surface area contributed by atoms with Crippen LogP contribution in [0.3, 0.4) is 0 Å². The van der Waals surface area contributed by atoms with E-state index >= 15 is 0 Å². The molecule has 0 aromatic heterocycles. The maximum absolute atomic E-state index is 12.8. The molecule has 0 aromatic carbocycles. The Labute approximate surface area is 142 Å². The lowest BCUT2D eigenvalue weighted by molar-refractivity contribution is -0.0483. The molecular weight excluding hydrogens is 398 g/mol. The Balaban J connectivity index is 3.29. The molecule has 12 heteroatoms. The fourth-order valence-corrected chi connectivity index (χ4v) is 7.33. The molecule has 0 amide bonds. The van der Waals surface area contributed by atoms with Gasteiger partial charge in [-0.1, -0.05) is 20.3 Å². The highest BCUT2D eigenvalue weighted by atomic mass is 32.3. The Hall–Kier alpha value is -0.520. The summed E-state index contributed by atoms with van der Waals surface area (Å²) < 4.78 is 120. The molecule has 0 saturated heterocycles. The Morgan fingerprint density at radius 3 is 1.40 bits per heavy atom. The second-order valence-electron chi connectivity index (χ2n) is 6.41. The van der Waals surface area contributed by atoms with Gasteiger partial charge in [-0.3, -0.25) is 0 Å². The van der Waals surface area contributed by atoms with Crippen LogP contribution in [0.15, 0.2) is 0 Å². The number of alkyl halides is 6. The monoisotopic (exact) mass is 418 g/mol. The van der Waals surface area contributed by atoms with E-state index < -0.39 is 41.2 Å². The first-order valence-corrected chi connectivity index (χ1v) is 10.8. The lowest BCUT2D eigenvalue weighted by Gasteiger charge is -2.35. The van der Waals surface area contributed by atoms with E-state index in [1.165, 1.54) is 0 Å². The minimum Gasteiger partial charge on any atom is -0.218 e. The molecule has 0 spiro atoms. The van der Waals surface area contributed by atoms with E-state index in [2.05, 4.69) is 0 Å². The van der Waals surface area contributed by atoms with E-state index in [4.69, 9.17) is 0 Å². The molecule has 1 unspecified atom stereocenters. The maximum atomic E-state index is 12.8. The van der Waals surface area contributed by atoms with Gasteiger partial charge in [0.15, 0.2) is 4.58 Å². The second kappa shape index (κ2) is 7.24. The zero-order valence-corrected chi connectivity index (χ0v) is 15.2. The average molecular weight is 418 g/mol. The van der Waals surface area contributed by atoms with Gasteiger partial charge in [-0.15, -0.1) is 0 Å². The summed E-state index contributed by atoms with van der Waals surface area (Å²) in [5, 5.41) is 0. The minimum atomic E-state index is -6.53. The van der Waals surface area contributed by atoms with Crippen LogP contribution in [0.2, 0.25) is 0 Å². The van der Waals surface area contributed by atoms with E-state index in [0.717, 1.165) is 6.42 Å². The molecule has 1 fully saturated rings. The van der Waals surface area contributed by atoms with Gasteiger partial charge in [-0.2, -0.15) is 26.3 Å². The molecule has 1 aliphatic carbocycles. The van der Waals surface area contributed by atoms with Crippen LogP contribution >= 0.6 is 0 Å². The van der Waals surface area contributed by atoms with E-state index in [1.807, 2.05) is 13.8 Å². The van der Waals surface area contributed by atoms with Crippen molar-refractivity contribution >= 4 is 19.7 Å². The van der Waals surface area contributed by atoms with Crippen LogP contribution in [0, 0.1) is 17.8 Å². The number of halogens is 6. The van der Waals surface area contributed by atoms with Crippen molar-refractivity contribution in [1.29, 1.82) is 0 Å². The van der Waals surface area contributed by atoms with Gasteiger partial charge in [0.05, 0.1) is 0 Å². The predicted octanol–water partition coefficient (Wildman–Crippen LogP) is 4.03. The molecule has 25 heavy (non-hydrogen) atoms. The molecule has 0 aromatic rings. The number of hydrogen-bond acceptors (Lipinski definition) is 4. The summed E-state index contributed by atoms with van der Waals surface area (Å²) in [6.45, 7) is 3.75. The van der Waals surface area contributed by atoms with Crippen LogP contribution in [0.25, 0.3) is 0 Å². The normalized spacial score (nSPS) is 25.2. The Morgan fingerprint density at radius 2 is 1.12 bits per heavy atom. The third-order valence-electron chi connectivity index (χ3n) is 4.91. The quantitative estimate of drug-likeness (QED) is 0.632. The van der Waals surface area contributed by atoms with Gasteiger partial charge in [-0.05, 0) is 43.4 Å². The van der Waals surface area contributed by atoms with E-state index in [9.17, 15) is 43.2 Å². The Kier molecular flexibility index (Phi) is 6.52. The van der Waals surface area contributed by atoms with Gasteiger partial charge in [0.25, 0.3) is 19.7 Å². The summed E-state index contributed by atoms with van der Waals surface area (Å²) in [5.41, 5.74) is -12.2. The number of hydrogen-bond donors (Lipinski definition) is 0. The van der Waals surface area contributed by atoms with Crippen molar-refractivity contribution in [2.45, 2.75) is 61.6 Å². The standard InChI is InChI=1S/C13H20F6O4S2/c1-3-8(2)9-4-6-10(7-5-9)11(24(20,21)12(14,15)16)25(22,23)13(17,18)19/h8-11H,3-7H2,1-2H3. The van der Waals surface area contributed by atoms with Crippen LogP contribution in [-0.4, -0.2) is 32.4 Å². The van der Waals surface area contributed by atoms with Crippen LogP contribution in [-0.2, 0) is 19.7 Å². The summed E-state index contributed by atoms with van der Waals surface area (Å²) in [6.07, 6.45) is 0.503. The fraction of sp³-hybridized carbons (Fsp3) is 1.00. The maximum Gasteiger partial charge on any atom is 0.498 e. The summed E-state index contributed by atoms with van der Waals surface area (Å²) in [5.74, 6) is -1.56. The highest BCUT2D eigenvalue weighted by Crippen LogP contribution is 2.45. The van der Waals surface area contributed by atoms with Crippen LogP contribution in [0.4, 0.5) is 26.3 Å². The van der Waals surface area contributed by atoms with Gasteiger partial charge in [0, 0.05) is 0 Å². The third kappa shape index (κ3) is 4.42. The summed E-state index contributed by atoms with van der Waals surface area (Å²) in [4.78, 5) is 0. The summed E-state index contributed by atoms with van der Waals surface area (Å²) in [7, 11) is -13.1. The zero-order valence-electron chi connectivity index (χ0n) is 13.6. The molecular formula is C13H20F6O4S2. The first-order valence-electron chi connectivity index (χ1n) is 7.67. The van der Waals surface area contributed by atoms with Gasteiger partial charge >= 0.3 is 11.0 Å². The molecule has 0 N–H and O–H groups in total. The zero-order chi connectivity index (χ0) is 19.8. The molecule has 0 radical (unpaired) electrons.